The molecule has 1 fully saturated rings. The summed E-state index contributed by atoms with van der Waals surface area (Å²) >= 11 is 0. The molecule has 0 aromatic carbocycles. The smallest absolute Gasteiger partial charge is 0.407 e. The van der Waals surface area contributed by atoms with Crippen molar-refractivity contribution in [2.75, 3.05) is 19.6 Å². The molecular weight excluding hydrogens is 272 g/mol. The maximum absolute atomic E-state index is 11.7. The molecule has 1 aliphatic heterocycles. The minimum Gasteiger partial charge on any atom is -0.444 e. The van der Waals surface area contributed by atoms with E-state index in [1.807, 2.05) is 20.8 Å². The molecule has 1 aromatic rings. The van der Waals surface area contributed by atoms with E-state index >= 15 is 0 Å². The summed E-state index contributed by atoms with van der Waals surface area (Å²) in [5.41, 5.74) is -0.457. The molecule has 0 saturated carbocycles. The van der Waals surface area contributed by atoms with Gasteiger partial charge >= 0.3 is 6.09 Å². The second-order valence-corrected chi connectivity index (χ2v) is 6.47. The van der Waals surface area contributed by atoms with E-state index in [-0.39, 0.29) is 6.09 Å². The van der Waals surface area contributed by atoms with Gasteiger partial charge in [0.25, 0.3) is 0 Å². The largest absolute Gasteiger partial charge is 0.444 e. The summed E-state index contributed by atoms with van der Waals surface area (Å²) in [7, 11) is 0. The summed E-state index contributed by atoms with van der Waals surface area (Å²) in [5.74, 6) is 1.13. The van der Waals surface area contributed by atoms with Crippen LogP contribution in [0, 0.1) is 5.92 Å². The summed E-state index contributed by atoms with van der Waals surface area (Å²) in [6.07, 6.45) is 3.22. The summed E-state index contributed by atoms with van der Waals surface area (Å²) in [6, 6.07) is 0. The van der Waals surface area contributed by atoms with Crippen LogP contribution in [0.2, 0.25) is 0 Å². The van der Waals surface area contributed by atoms with Gasteiger partial charge in [0.1, 0.15) is 5.60 Å². The predicted octanol–water partition coefficient (Wildman–Crippen LogP) is 1.81. The second kappa shape index (κ2) is 6.89. The second-order valence-electron chi connectivity index (χ2n) is 6.47. The molecule has 1 aliphatic rings. The van der Waals surface area contributed by atoms with E-state index in [2.05, 4.69) is 20.4 Å². The number of piperidine rings is 1. The van der Waals surface area contributed by atoms with Gasteiger partial charge in [-0.2, -0.15) is 4.98 Å². The topological polar surface area (TPSA) is 80.5 Å². The number of carbonyl (C=O) groups excluding carboxylic acids is 1. The Morgan fingerprint density at radius 3 is 3.05 bits per heavy atom. The first-order valence-electron chi connectivity index (χ1n) is 7.37. The minimum absolute atomic E-state index is 0.349. The third kappa shape index (κ3) is 5.71. The Kier molecular flexibility index (Phi) is 5.17. The maximum atomic E-state index is 11.7. The van der Waals surface area contributed by atoms with Gasteiger partial charge in [-0.05, 0) is 46.1 Å². The molecule has 1 unspecified atom stereocenters. The molecule has 1 aromatic heterocycles. The van der Waals surface area contributed by atoms with Crippen LogP contribution in [0.4, 0.5) is 4.79 Å². The fraction of sp³-hybridized carbons (Fsp3) is 0.786. The highest BCUT2D eigenvalue weighted by Crippen LogP contribution is 2.17. The van der Waals surface area contributed by atoms with E-state index in [1.165, 1.54) is 6.39 Å². The molecule has 1 saturated heterocycles. The Balaban J connectivity index is 1.72. The number of nitrogens with zero attached hydrogens (tertiary/aromatic N) is 3. The van der Waals surface area contributed by atoms with Gasteiger partial charge in [-0.1, -0.05) is 5.16 Å². The average Bonchev–Trinajstić information content (AvgIpc) is 2.88. The summed E-state index contributed by atoms with van der Waals surface area (Å²) in [4.78, 5) is 18.0. The highest BCUT2D eigenvalue weighted by Gasteiger charge is 2.22. The average molecular weight is 296 g/mol. The van der Waals surface area contributed by atoms with Crippen molar-refractivity contribution in [1.82, 2.24) is 20.4 Å². The van der Waals surface area contributed by atoms with E-state index in [0.717, 1.165) is 25.9 Å². The third-order valence-electron chi connectivity index (χ3n) is 3.31. The zero-order chi connectivity index (χ0) is 15.3. The maximum Gasteiger partial charge on any atom is 0.407 e. The van der Waals surface area contributed by atoms with Crippen LogP contribution in [0.1, 0.15) is 39.4 Å². The van der Waals surface area contributed by atoms with E-state index in [4.69, 9.17) is 9.26 Å². The number of aromatic nitrogens is 2. The molecule has 0 aliphatic carbocycles. The number of carbonyl (C=O) groups is 1. The summed E-state index contributed by atoms with van der Waals surface area (Å²) < 4.78 is 9.99. The fourth-order valence-corrected chi connectivity index (χ4v) is 2.47. The molecule has 0 radical (unpaired) electrons. The Morgan fingerprint density at radius 2 is 2.38 bits per heavy atom. The minimum atomic E-state index is -0.457. The molecule has 7 heteroatoms. The van der Waals surface area contributed by atoms with Crippen LogP contribution in [-0.4, -0.2) is 46.4 Å². The number of hydrogen-bond donors (Lipinski definition) is 1. The van der Waals surface area contributed by atoms with Gasteiger partial charge < -0.3 is 14.6 Å². The van der Waals surface area contributed by atoms with Gasteiger partial charge in [0.2, 0.25) is 6.39 Å². The lowest BCUT2D eigenvalue weighted by Crippen LogP contribution is -2.42. The fourth-order valence-electron chi connectivity index (χ4n) is 2.47. The van der Waals surface area contributed by atoms with E-state index in [0.29, 0.717) is 24.8 Å². The van der Waals surface area contributed by atoms with Crippen LogP contribution >= 0.6 is 0 Å². The van der Waals surface area contributed by atoms with Gasteiger partial charge in [0, 0.05) is 13.1 Å². The quantitative estimate of drug-likeness (QED) is 0.912. The Morgan fingerprint density at radius 1 is 1.57 bits per heavy atom. The number of likely N-dealkylation sites (tertiary alicyclic amines) is 1. The summed E-state index contributed by atoms with van der Waals surface area (Å²) in [6.45, 7) is 8.86. The highest BCUT2D eigenvalue weighted by atomic mass is 16.6. The SMILES string of the molecule is CC(C)(C)OC(=O)NCC1CCCN(Cc2ncon2)C1. The van der Waals surface area contributed by atoms with E-state index in [1.54, 1.807) is 0 Å². The molecule has 2 rings (SSSR count). The first kappa shape index (κ1) is 15.8. The van der Waals surface area contributed by atoms with Crippen molar-refractivity contribution in [2.24, 2.45) is 5.92 Å². The predicted molar refractivity (Wildman–Crippen MR) is 76.5 cm³/mol. The molecule has 1 amide bonds. The Hall–Kier alpha value is -1.63. The number of rotatable bonds is 4. The van der Waals surface area contributed by atoms with Crippen LogP contribution in [-0.2, 0) is 11.3 Å². The van der Waals surface area contributed by atoms with Gasteiger partial charge in [0.15, 0.2) is 5.82 Å². The van der Waals surface area contributed by atoms with Gasteiger partial charge in [-0.3, -0.25) is 4.90 Å². The standard InChI is InChI=1S/C14H24N4O3/c1-14(2,3)21-13(19)15-7-11-5-4-6-18(8-11)9-12-16-10-20-17-12/h10-11H,4-9H2,1-3H3,(H,15,19). The van der Waals surface area contributed by atoms with Crippen LogP contribution in [0.3, 0.4) is 0 Å². The van der Waals surface area contributed by atoms with Crippen molar-refractivity contribution in [2.45, 2.75) is 45.8 Å². The van der Waals surface area contributed by atoms with Gasteiger partial charge in [-0.15, -0.1) is 0 Å². The first-order chi connectivity index (χ1) is 9.92. The molecule has 1 atom stereocenters. The number of ether oxygens (including phenoxy) is 1. The normalized spacial score (nSPS) is 20.2. The third-order valence-corrected chi connectivity index (χ3v) is 3.31. The zero-order valence-electron chi connectivity index (χ0n) is 13.0. The van der Waals surface area contributed by atoms with Crippen molar-refractivity contribution in [1.29, 1.82) is 0 Å². The van der Waals surface area contributed by atoms with Crippen LogP contribution in [0.25, 0.3) is 0 Å². The number of alkyl carbamates (subject to hydrolysis) is 1. The molecule has 0 spiro atoms. The zero-order valence-corrected chi connectivity index (χ0v) is 13.0. The van der Waals surface area contributed by atoms with Gasteiger partial charge in [-0.25, -0.2) is 4.79 Å². The van der Waals surface area contributed by atoms with Crippen molar-refractivity contribution >= 4 is 6.09 Å². The Bertz CT molecular complexity index is 442. The highest BCUT2D eigenvalue weighted by molar-refractivity contribution is 5.67. The van der Waals surface area contributed by atoms with Crippen molar-refractivity contribution in [3.63, 3.8) is 0 Å². The molecule has 1 N–H and O–H groups in total. The molecule has 0 bridgehead atoms. The lowest BCUT2D eigenvalue weighted by Gasteiger charge is -2.32. The first-order valence-corrected chi connectivity index (χ1v) is 7.37. The van der Waals surface area contributed by atoms with Gasteiger partial charge in [0.05, 0.1) is 6.54 Å². The summed E-state index contributed by atoms with van der Waals surface area (Å²) in [5, 5.41) is 6.68. The lowest BCUT2D eigenvalue weighted by molar-refractivity contribution is 0.0505. The number of hydrogen-bond acceptors (Lipinski definition) is 6. The lowest BCUT2D eigenvalue weighted by atomic mass is 9.98. The van der Waals surface area contributed by atoms with Crippen LogP contribution in [0.5, 0.6) is 0 Å². The van der Waals surface area contributed by atoms with Crippen LogP contribution < -0.4 is 5.32 Å². The number of nitrogens with one attached hydrogen (secondary N) is 1. The Labute approximate surface area is 125 Å². The number of amides is 1. The molecular formula is C14H24N4O3. The molecule has 21 heavy (non-hydrogen) atoms. The van der Waals surface area contributed by atoms with Crippen LogP contribution in [0.15, 0.2) is 10.9 Å². The van der Waals surface area contributed by atoms with E-state index < -0.39 is 5.60 Å². The molecule has 2 heterocycles. The van der Waals surface area contributed by atoms with E-state index in [9.17, 15) is 4.79 Å². The van der Waals surface area contributed by atoms with Crippen molar-refractivity contribution in [3.05, 3.63) is 12.2 Å². The van der Waals surface area contributed by atoms with Crippen molar-refractivity contribution in [3.8, 4) is 0 Å². The van der Waals surface area contributed by atoms with Crippen molar-refractivity contribution < 1.29 is 14.1 Å². The molecule has 7 nitrogen and oxygen atoms in total. The molecule has 118 valence electrons. The monoisotopic (exact) mass is 296 g/mol.